The Morgan fingerprint density at radius 1 is 1.12 bits per heavy atom. The number of ether oxygens (including phenoxy) is 1. The lowest BCUT2D eigenvalue weighted by Gasteiger charge is -2.26. The minimum absolute atomic E-state index is 0.582. The van der Waals surface area contributed by atoms with E-state index in [2.05, 4.69) is 49.1 Å². The smallest absolute Gasteiger partial charge is 0.0589 e. The third-order valence-electron chi connectivity index (χ3n) is 2.84. The summed E-state index contributed by atoms with van der Waals surface area (Å²) in [6.45, 7) is 7.40. The molecular formula is C14H23NO. The molecule has 90 valence electrons. The van der Waals surface area contributed by atoms with E-state index in [0.717, 1.165) is 26.1 Å². The molecule has 0 amide bonds. The third kappa shape index (κ3) is 4.77. The summed E-state index contributed by atoms with van der Waals surface area (Å²) in [6, 6.07) is 11.2. The highest BCUT2D eigenvalue weighted by Gasteiger charge is 2.08. The van der Waals surface area contributed by atoms with Crippen molar-refractivity contribution >= 4 is 0 Å². The molecule has 0 aliphatic carbocycles. The van der Waals surface area contributed by atoms with Gasteiger partial charge in [0, 0.05) is 26.2 Å². The van der Waals surface area contributed by atoms with Crippen LogP contribution in [0.5, 0.6) is 0 Å². The SMILES string of the molecule is COCCN(CCc1ccccc1)C(C)C. The van der Waals surface area contributed by atoms with Crippen molar-refractivity contribution in [3.05, 3.63) is 35.9 Å². The fourth-order valence-electron chi connectivity index (χ4n) is 1.75. The number of methoxy groups -OCH3 is 1. The Morgan fingerprint density at radius 3 is 2.38 bits per heavy atom. The van der Waals surface area contributed by atoms with Gasteiger partial charge in [0.1, 0.15) is 0 Å². The average Bonchev–Trinajstić information content (AvgIpc) is 2.30. The van der Waals surface area contributed by atoms with E-state index in [1.54, 1.807) is 7.11 Å². The van der Waals surface area contributed by atoms with Crippen molar-refractivity contribution in [2.45, 2.75) is 26.3 Å². The molecule has 1 rings (SSSR count). The van der Waals surface area contributed by atoms with Crippen LogP contribution in [-0.4, -0.2) is 37.7 Å². The maximum Gasteiger partial charge on any atom is 0.0589 e. The van der Waals surface area contributed by atoms with Gasteiger partial charge in [-0.2, -0.15) is 0 Å². The van der Waals surface area contributed by atoms with Gasteiger partial charge < -0.3 is 4.74 Å². The molecular weight excluding hydrogens is 198 g/mol. The van der Waals surface area contributed by atoms with Gasteiger partial charge in [-0.15, -0.1) is 0 Å². The number of rotatable bonds is 7. The van der Waals surface area contributed by atoms with Gasteiger partial charge in [0.05, 0.1) is 6.61 Å². The Morgan fingerprint density at radius 2 is 1.81 bits per heavy atom. The Labute approximate surface area is 99.2 Å². The van der Waals surface area contributed by atoms with E-state index in [-0.39, 0.29) is 0 Å². The van der Waals surface area contributed by atoms with Gasteiger partial charge in [-0.05, 0) is 25.8 Å². The number of nitrogens with zero attached hydrogens (tertiary/aromatic N) is 1. The predicted molar refractivity (Wildman–Crippen MR) is 68.7 cm³/mol. The van der Waals surface area contributed by atoms with E-state index in [4.69, 9.17) is 4.74 Å². The molecule has 0 atom stereocenters. The van der Waals surface area contributed by atoms with Crippen LogP contribution in [0.4, 0.5) is 0 Å². The molecule has 0 fully saturated rings. The first kappa shape index (κ1) is 13.2. The predicted octanol–water partition coefficient (Wildman–Crippen LogP) is 2.59. The zero-order chi connectivity index (χ0) is 11.8. The van der Waals surface area contributed by atoms with Crippen molar-refractivity contribution in [3.8, 4) is 0 Å². The van der Waals surface area contributed by atoms with Gasteiger partial charge in [0.2, 0.25) is 0 Å². The summed E-state index contributed by atoms with van der Waals surface area (Å²) in [5, 5.41) is 0. The summed E-state index contributed by atoms with van der Waals surface area (Å²) >= 11 is 0. The number of benzene rings is 1. The van der Waals surface area contributed by atoms with E-state index < -0.39 is 0 Å². The average molecular weight is 221 g/mol. The van der Waals surface area contributed by atoms with E-state index in [0.29, 0.717) is 6.04 Å². The van der Waals surface area contributed by atoms with Crippen molar-refractivity contribution in [2.75, 3.05) is 26.8 Å². The molecule has 1 aromatic carbocycles. The molecule has 2 nitrogen and oxygen atoms in total. The van der Waals surface area contributed by atoms with Gasteiger partial charge in [0.25, 0.3) is 0 Å². The second-order valence-corrected chi connectivity index (χ2v) is 4.36. The molecule has 0 aliphatic heterocycles. The maximum atomic E-state index is 5.13. The first-order valence-electron chi connectivity index (χ1n) is 6.01. The topological polar surface area (TPSA) is 12.5 Å². The van der Waals surface area contributed by atoms with E-state index in [9.17, 15) is 0 Å². The minimum atomic E-state index is 0.582. The largest absolute Gasteiger partial charge is 0.383 e. The lowest BCUT2D eigenvalue weighted by atomic mass is 10.1. The molecule has 2 heteroatoms. The fourth-order valence-corrected chi connectivity index (χ4v) is 1.75. The molecule has 0 saturated heterocycles. The van der Waals surface area contributed by atoms with Crippen LogP contribution in [0.15, 0.2) is 30.3 Å². The summed E-state index contributed by atoms with van der Waals surface area (Å²) in [5.41, 5.74) is 1.41. The van der Waals surface area contributed by atoms with Crippen molar-refractivity contribution < 1.29 is 4.74 Å². The van der Waals surface area contributed by atoms with E-state index >= 15 is 0 Å². The van der Waals surface area contributed by atoms with Crippen LogP contribution in [0.3, 0.4) is 0 Å². The summed E-state index contributed by atoms with van der Waals surface area (Å²) in [6.07, 6.45) is 1.11. The maximum absolute atomic E-state index is 5.13. The summed E-state index contributed by atoms with van der Waals surface area (Å²) < 4.78 is 5.13. The Kier molecular flexibility index (Phi) is 6.12. The van der Waals surface area contributed by atoms with Crippen molar-refractivity contribution in [1.82, 2.24) is 4.90 Å². The Balaban J connectivity index is 2.38. The molecule has 0 heterocycles. The van der Waals surface area contributed by atoms with Crippen LogP contribution in [0.2, 0.25) is 0 Å². The van der Waals surface area contributed by atoms with Crippen LogP contribution in [0, 0.1) is 0 Å². The molecule has 0 aromatic heterocycles. The lowest BCUT2D eigenvalue weighted by Crippen LogP contribution is -2.35. The monoisotopic (exact) mass is 221 g/mol. The third-order valence-corrected chi connectivity index (χ3v) is 2.84. The van der Waals surface area contributed by atoms with Gasteiger partial charge in [0.15, 0.2) is 0 Å². The normalized spacial score (nSPS) is 11.3. The Bertz CT molecular complexity index is 271. The quantitative estimate of drug-likeness (QED) is 0.701. The number of hydrogen-bond acceptors (Lipinski definition) is 2. The Hall–Kier alpha value is -0.860. The van der Waals surface area contributed by atoms with Crippen LogP contribution in [0.1, 0.15) is 19.4 Å². The van der Waals surface area contributed by atoms with Crippen molar-refractivity contribution in [3.63, 3.8) is 0 Å². The second-order valence-electron chi connectivity index (χ2n) is 4.36. The first-order valence-corrected chi connectivity index (χ1v) is 6.01. The van der Waals surface area contributed by atoms with Gasteiger partial charge in [-0.25, -0.2) is 0 Å². The molecule has 16 heavy (non-hydrogen) atoms. The minimum Gasteiger partial charge on any atom is -0.383 e. The number of hydrogen-bond donors (Lipinski definition) is 0. The highest BCUT2D eigenvalue weighted by molar-refractivity contribution is 5.14. The molecule has 0 radical (unpaired) electrons. The van der Waals surface area contributed by atoms with Gasteiger partial charge in [-0.1, -0.05) is 30.3 Å². The zero-order valence-electron chi connectivity index (χ0n) is 10.6. The first-order chi connectivity index (χ1) is 7.74. The zero-order valence-corrected chi connectivity index (χ0v) is 10.6. The molecule has 0 aliphatic rings. The van der Waals surface area contributed by atoms with Crippen molar-refractivity contribution in [2.24, 2.45) is 0 Å². The van der Waals surface area contributed by atoms with Gasteiger partial charge in [-0.3, -0.25) is 4.90 Å². The fraction of sp³-hybridized carbons (Fsp3) is 0.571. The van der Waals surface area contributed by atoms with Crippen LogP contribution < -0.4 is 0 Å². The summed E-state index contributed by atoms with van der Waals surface area (Å²) in [5.74, 6) is 0. The highest BCUT2D eigenvalue weighted by atomic mass is 16.5. The summed E-state index contributed by atoms with van der Waals surface area (Å²) in [4.78, 5) is 2.45. The van der Waals surface area contributed by atoms with Crippen molar-refractivity contribution in [1.29, 1.82) is 0 Å². The summed E-state index contributed by atoms with van der Waals surface area (Å²) in [7, 11) is 1.76. The molecule has 0 unspecified atom stereocenters. The molecule has 0 bridgehead atoms. The van der Waals surface area contributed by atoms with E-state index in [1.807, 2.05) is 0 Å². The highest BCUT2D eigenvalue weighted by Crippen LogP contribution is 2.04. The lowest BCUT2D eigenvalue weighted by molar-refractivity contribution is 0.130. The van der Waals surface area contributed by atoms with Crippen LogP contribution >= 0.6 is 0 Å². The van der Waals surface area contributed by atoms with Gasteiger partial charge >= 0.3 is 0 Å². The molecule has 0 N–H and O–H groups in total. The molecule has 0 spiro atoms. The molecule has 1 aromatic rings. The second kappa shape index (κ2) is 7.42. The van der Waals surface area contributed by atoms with Crippen LogP contribution in [-0.2, 0) is 11.2 Å². The van der Waals surface area contributed by atoms with E-state index in [1.165, 1.54) is 5.56 Å². The van der Waals surface area contributed by atoms with Crippen LogP contribution in [0.25, 0.3) is 0 Å². The standard InChI is InChI=1S/C14H23NO/c1-13(2)15(11-12-16-3)10-9-14-7-5-4-6-8-14/h4-8,13H,9-12H2,1-3H3. The molecule has 0 saturated carbocycles.